The number of aromatic carboxylic acids is 2. The van der Waals surface area contributed by atoms with Crippen LogP contribution in [0.1, 0.15) is 20.7 Å². The Morgan fingerprint density at radius 1 is 0.462 bits per heavy atom. The van der Waals surface area contributed by atoms with Crippen molar-refractivity contribution < 1.29 is 36.9 Å². The van der Waals surface area contributed by atoms with Gasteiger partial charge in [0.2, 0.25) is 0 Å². The molecule has 4 N–H and O–H groups in total. The van der Waals surface area contributed by atoms with Gasteiger partial charge >= 0.3 is 17.1 Å². The van der Waals surface area contributed by atoms with Crippen molar-refractivity contribution in [3.8, 4) is 0 Å². The smallest absolute Gasteiger partial charge is 0.545 e. The van der Waals surface area contributed by atoms with Gasteiger partial charge in [0.1, 0.15) is 0 Å². The predicted molar refractivity (Wildman–Crippen MR) is 145 cm³/mol. The Morgan fingerprint density at radius 2 is 0.692 bits per heavy atom. The van der Waals surface area contributed by atoms with Gasteiger partial charge in [0.25, 0.3) is 0 Å². The SMILES string of the molecule is Nc1ccncc1.Nc1ccncc1.O=C([O-])c1ccccc1.O=C([O-])c1ccccc1.[Cu+2].c1ccccc1. The molecule has 5 aromatic rings. The van der Waals surface area contributed by atoms with Gasteiger partial charge in [-0.05, 0) is 35.4 Å². The van der Waals surface area contributed by atoms with Gasteiger partial charge < -0.3 is 31.3 Å². The fraction of sp³-hybridized carbons (Fsp3) is 0. The van der Waals surface area contributed by atoms with Gasteiger partial charge in [-0.1, -0.05) is 97.1 Å². The summed E-state index contributed by atoms with van der Waals surface area (Å²) in [5.74, 6) is -2.26. The maximum absolute atomic E-state index is 10.1. The van der Waals surface area contributed by atoms with Crippen molar-refractivity contribution in [2.24, 2.45) is 0 Å². The Bertz CT molecular complexity index is 1150. The second-order valence-corrected chi connectivity index (χ2v) is 7.02. The number of hydrogen-bond acceptors (Lipinski definition) is 8. The van der Waals surface area contributed by atoms with Crippen molar-refractivity contribution in [3.05, 3.63) is 157 Å². The summed E-state index contributed by atoms with van der Waals surface area (Å²) in [5.41, 5.74) is 12.6. The average molecular weight is 572 g/mol. The van der Waals surface area contributed by atoms with Crippen LogP contribution in [0.5, 0.6) is 0 Å². The van der Waals surface area contributed by atoms with E-state index in [0.29, 0.717) is 0 Å². The van der Waals surface area contributed by atoms with Crippen LogP contribution in [0.25, 0.3) is 0 Å². The molecular formula is C30H28CuN4O4. The van der Waals surface area contributed by atoms with Gasteiger partial charge in [0.15, 0.2) is 0 Å². The van der Waals surface area contributed by atoms with Gasteiger partial charge in [-0.3, -0.25) is 9.97 Å². The number of carboxylic acid groups (broad SMARTS) is 2. The molecule has 5 rings (SSSR count). The summed E-state index contributed by atoms with van der Waals surface area (Å²) in [6.07, 6.45) is 6.65. The van der Waals surface area contributed by atoms with Crippen molar-refractivity contribution in [1.29, 1.82) is 0 Å². The third-order valence-electron chi connectivity index (χ3n) is 4.10. The van der Waals surface area contributed by atoms with Crippen LogP contribution in [-0.4, -0.2) is 21.9 Å². The molecule has 0 aliphatic carbocycles. The van der Waals surface area contributed by atoms with Gasteiger partial charge in [-0.15, -0.1) is 0 Å². The topological polar surface area (TPSA) is 158 Å². The first-order chi connectivity index (χ1) is 18.4. The number of hydrogen-bond donors (Lipinski definition) is 2. The fourth-order valence-electron chi connectivity index (χ4n) is 2.26. The molecule has 0 aliphatic heterocycles. The molecule has 1 radical (unpaired) electrons. The first kappa shape index (κ1) is 34.0. The zero-order valence-electron chi connectivity index (χ0n) is 20.8. The third kappa shape index (κ3) is 18.9. The number of benzene rings is 3. The van der Waals surface area contributed by atoms with E-state index in [2.05, 4.69) is 9.97 Å². The summed E-state index contributed by atoms with van der Waals surface area (Å²) < 4.78 is 0. The van der Waals surface area contributed by atoms with E-state index in [-0.39, 0.29) is 28.2 Å². The largest absolute Gasteiger partial charge is 2.00 e. The molecule has 0 spiro atoms. The number of nitrogens with zero attached hydrogens (tertiary/aromatic N) is 2. The predicted octanol–water partition coefficient (Wildman–Crippen LogP) is 3.11. The van der Waals surface area contributed by atoms with E-state index in [1.807, 2.05) is 36.4 Å². The molecule has 2 aromatic heterocycles. The summed E-state index contributed by atoms with van der Waals surface area (Å²) in [6.45, 7) is 0. The average Bonchev–Trinajstić information content (AvgIpc) is 2.97. The van der Waals surface area contributed by atoms with Crippen LogP contribution < -0.4 is 21.7 Å². The molecule has 9 heteroatoms. The van der Waals surface area contributed by atoms with E-state index in [1.165, 1.54) is 24.3 Å². The number of aromatic nitrogens is 2. The first-order valence-corrected chi connectivity index (χ1v) is 11.2. The monoisotopic (exact) mass is 571 g/mol. The molecule has 0 atom stereocenters. The zero-order valence-corrected chi connectivity index (χ0v) is 21.8. The minimum atomic E-state index is -1.13. The summed E-state index contributed by atoms with van der Waals surface area (Å²) in [5, 5.41) is 20.2. The number of pyridine rings is 2. The Kier molecular flexibility index (Phi) is 19.4. The maximum atomic E-state index is 10.1. The molecule has 0 amide bonds. The third-order valence-corrected chi connectivity index (χ3v) is 4.10. The fourth-order valence-corrected chi connectivity index (χ4v) is 2.26. The van der Waals surface area contributed by atoms with Crippen LogP contribution in [-0.2, 0) is 17.1 Å². The zero-order chi connectivity index (χ0) is 27.8. The summed E-state index contributed by atoms with van der Waals surface area (Å²) in [7, 11) is 0. The Labute approximate surface area is 238 Å². The molecule has 0 saturated heterocycles. The molecule has 203 valence electrons. The summed E-state index contributed by atoms with van der Waals surface area (Å²) in [6, 6.07) is 35.1. The van der Waals surface area contributed by atoms with Crippen LogP contribution in [0.3, 0.4) is 0 Å². The number of carbonyl (C=O) groups is 2. The number of anilines is 2. The van der Waals surface area contributed by atoms with E-state index < -0.39 is 11.9 Å². The second kappa shape index (κ2) is 22.2. The number of carbonyl (C=O) groups excluding carboxylic acids is 2. The standard InChI is InChI=1S/2C7H6O2.C6H6.2C5H6N2.Cu/c2*8-7(9)6-4-2-1-3-5-6;1-2-4-6-5-3-1;2*6-5-1-3-7-4-2-5;/h2*1-5H,(H,8,9);1-6H;2*1-4H,(H2,6,7);/q;;;;;+2/p-2. The molecule has 3 aromatic carbocycles. The molecular weight excluding hydrogens is 544 g/mol. The normalized spacial score (nSPS) is 8.41. The quantitative estimate of drug-likeness (QED) is 0.306. The molecule has 2 heterocycles. The van der Waals surface area contributed by atoms with Crippen molar-refractivity contribution in [2.45, 2.75) is 0 Å². The number of rotatable bonds is 2. The molecule has 39 heavy (non-hydrogen) atoms. The minimum Gasteiger partial charge on any atom is -0.545 e. The number of carboxylic acids is 2. The molecule has 0 bridgehead atoms. The number of nitrogens with two attached hydrogens (primary N) is 2. The Hall–Kier alpha value is -4.98. The van der Waals surface area contributed by atoms with Gasteiger partial charge in [0, 0.05) is 36.2 Å². The van der Waals surface area contributed by atoms with E-state index >= 15 is 0 Å². The Morgan fingerprint density at radius 3 is 0.846 bits per heavy atom. The van der Waals surface area contributed by atoms with E-state index in [1.54, 1.807) is 85.5 Å². The van der Waals surface area contributed by atoms with E-state index in [0.717, 1.165) is 11.4 Å². The van der Waals surface area contributed by atoms with E-state index in [9.17, 15) is 19.8 Å². The molecule has 0 unspecified atom stereocenters. The van der Waals surface area contributed by atoms with Crippen LogP contribution >= 0.6 is 0 Å². The van der Waals surface area contributed by atoms with E-state index in [4.69, 9.17) is 11.5 Å². The van der Waals surface area contributed by atoms with Gasteiger partial charge in [0.05, 0.1) is 11.9 Å². The van der Waals surface area contributed by atoms with Crippen LogP contribution in [0, 0.1) is 0 Å². The second-order valence-electron chi connectivity index (χ2n) is 7.02. The number of nitrogen functional groups attached to an aromatic ring is 2. The first-order valence-electron chi connectivity index (χ1n) is 11.2. The van der Waals surface area contributed by atoms with Crippen LogP contribution in [0.4, 0.5) is 11.4 Å². The van der Waals surface area contributed by atoms with Gasteiger partial charge in [-0.2, -0.15) is 0 Å². The van der Waals surface area contributed by atoms with Crippen molar-refractivity contribution in [2.75, 3.05) is 11.5 Å². The van der Waals surface area contributed by atoms with Gasteiger partial charge in [-0.25, -0.2) is 0 Å². The summed E-state index contributed by atoms with van der Waals surface area (Å²) in [4.78, 5) is 27.7. The maximum Gasteiger partial charge on any atom is 2.00 e. The summed E-state index contributed by atoms with van der Waals surface area (Å²) >= 11 is 0. The van der Waals surface area contributed by atoms with Crippen LogP contribution in [0.2, 0.25) is 0 Å². The Balaban J connectivity index is 0.000000463. The van der Waals surface area contributed by atoms with Crippen molar-refractivity contribution in [3.63, 3.8) is 0 Å². The molecule has 0 fully saturated rings. The molecule has 0 saturated carbocycles. The van der Waals surface area contributed by atoms with Crippen LogP contribution in [0.15, 0.2) is 146 Å². The van der Waals surface area contributed by atoms with Crippen molar-refractivity contribution >= 4 is 23.3 Å². The molecule has 0 aliphatic rings. The minimum absolute atomic E-state index is 0. The molecule has 8 nitrogen and oxygen atoms in total. The van der Waals surface area contributed by atoms with Crippen molar-refractivity contribution in [1.82, 2.24) is 9.97 Å².